The second kappa shape index (κ2) is 11.2. The molecule has 1 amide bonds. The molecule has 1 heterocycles. The molecule has 0 aliphatic carbocycles. The second-order valence-corrected chi connectivity index (χ2v) is 6.70. The molecule has 0 unspecified atom stereocenters. The fourth-order valence-corrected chi connectivity index (χ4v) is 2.91. The van der Waals surface area contributed by atoms with Crippen molar-refractivity contribution < 1.29 is 14.3 Å². The maximum Gasteiger partial charge on any atom is 0.307 e. The van der Waals surface area contributed by atoms with Gasteiger partial charge < -0.3 is 14.2 Å². The number of imidazole rings is 1. The number of rotatable bonds is 11. The number of benzene rings is 1. The number of hydrogen-bond donors (Lipinski definition) is 0. The van der Waals surface area contributed by atoms with Gasteiger partial charge in [0.15, 0.2) is 0 Å². The molecule has 0 bridgehead atoms. The Balaban J connectivity index is 1.80. The van der Waals surface area contributed by atoms with E-state index in [4.69, 9.17) is 4.74 Å². The van der Waals surface area contributed by atoms with Crippen LogP contribution in [-0.2, 0) is 27.3 Å². The molecule has 1 aromatic heterocycles. The van der Waals surface area contributed by atoms with Gasteiger partial charge in [-0.1, -0.05) is 29.8 Å². The Bertz CT molecular complexity index is 696. The van der Waals surface area contributed by atoms with Crippen molar-refractivity contribution in [1.82, 2.24) is 14.5 Å². The summed E-state index contributed by atoms with van der Waals surface area (Å²) in [5.74, 6) is -0.196. The van der Waals surface area contributed by atoms with Crippen LogP contribution in [0.1, 0.15) is 36.8 Å². The van der Waals surface area contributed by atoms with Crippen molar-refractivity contribution in [3.8, 4) is 0 Å². The van der Waals surface area contributed by atoms with E-state index in [-0.39, 0.29) is 18.3 Å². The van der Waals surface area contributed by atoms with Gasteiger partial charge in [0.2, 0.25) is 5.91 Å². The summed E-state index contributed by atoms with van der Waals surface area (Å²) in [5.41, 5.74) is 2.48. The first-order chi connectivity index (χ1) is 13.1. The van der Waals surface area contributed by atoms with E-state index in [1.807, 2.05) is 10.8 Å². The van der Waals surface area contributed by atoms with Gasteiger partial charge >= 0.3 is 5.97 Å². The lowest BCUT2D eigenvalue weighted by molar-refractivity contribution is -0.141. The molecule has 0 atom stereocenters. The molecule has 0 aliphatic rings. The first-order valence-electron chi connectivity index (χ1n) is 9.44. The zero-order valence-electron chi connectivity index (χ0n) is 16.3. The molecule has 0 spiro atoms. The molecule has 0 saturated carbocycles. The van der Waals surface area contributed by atoms with E-state index in [0.29, 0.717) is 19.5 Å². The molecular formula is C21H29N3O3. The molecule has 6 heteroatoms. The first kappa shape index (κ1) is 20.7. The minimum Gasteiger partial charge on any atom is -0.469 e. The van der Waals surface area contributed by atoms with Gasteiger partial charge in [-0.05, 0) is 31.7 Å². The predicted molar refractivity (Wildman–Crippen MR) is 104 cm³/mol. The molecule has 146 valence electrons. The van der Waals surface area contributed by atoms with E-state index in [9.17, 15) is 9.59 Å². The number of esters is 1. The van der Waals surface area contributed by atoms with Gasteiger partial charge in [-0.25, -0.2) is 4.98 Å². The van der Waals surface area contributed by atoms with Crippen LogP contribution < -0.4 is 0 Å². The number of hydrogen-bond acceptors (Lipinski definition) is 4. The third kappa shape index (κ3) is 7.64. The predicted octanol–water partition coefficient (Wildman–Crippen LogP) is 3.00. The summed E-state index contributed by atoms with van der Waals surface area (Å²) in [6, 6.07) is 8.41. The molecule has 0 fully saturated rings. The fourth-order valence-electron chi connectivity index (χ4n) is 2.91. The van der Waals surface area contributed by atoms with Crippen molar-refractivity contribution in [2.75, 3.05) is 20.2 Å². The number of methoxy groups -OCH3 is 1. The van der Waals surface area contributed by atoms with Crippen LogP contribution in [-0.4, -0.2) is 46.5 Å². The van der Waals surface area contributed by atoms with Crippen LogP contribution >= 0.6 is 0 Å². The van der Waals surface area contributed by atoms with Crippen molar-refractivity contribution in [2.45, 2.75) is 45.6 Å². The Morgan fingerprint density at radius 2 is 1.89 bits per heavy atom. The lowest BCUT2D eigenvalue weighted by Crippen LogP contribution is -2.34. The zero-order chi connectivity index (χ0) is 19.5. The monoisotopic (exact) mass is 371 g/mol. The summed E-state index contributed by atoms with van der Waals surface area (Å²) in [6.07, 6.45) is 8.63. The molecule has 0 N–H and O–H groups in total. The van der Waals surface area contributed by atoms with Crippen LogP contribution in [0.4, 0.5) is 0 Å². The van der Waals surface area contributed by atoms with Gasteiger partial charge in [-0.2, -0.15) is 0 Å². The summed E-state index contributed by atoms with van der Waals surface area (Å²) in [7, 11) is 1.37. The Morgan fingerprint density at radius 1 is 1.11 bits per heavy atom. The van der Waals surface area contributed by atoms with Gasteiger partial charge in [0.1, 0.15) is 0 Å². The third-order valence-corrected chi connectivity index (χ3v) is 4.55. The van der Waals surface area contributed by atoms with Crippen LogP contribution in [0.2, 0.25) is 0 Å². The molecular weight excluding hydrogens is 342 g/mol. The molecule has 2 rings (SSSR count). The lowest BCUT2D eigenvalue weighted by atomic mass is 10.1. The highest BCUT2D eigenvalue weighted by atomic mass is 16.5. The minimum absolute atomic E-state index is 0.0941. The SMILES string of the molecule is COC(=O)CCN(CCCn1ccnc1)C(=O)CCCc1ccc(C)cc1. The van der Waals surface area contributed by atoms with Crippen LogP contribution in [0.3, 0.4) is 0 Å². The zero-order valence-corrected chi connectivity index (χ0v) is 16.3. The first-order valence-corrected chi connectivity index (χ1v) is 9.44. The topological polar surface area (TPSA) is 64.4 Å². The highest BCUT2D eigenvalue weighted by Gasteiger charge is 2.15. The fraction of sp³-hybridized carbons (Fsp3) is 0.476. The summed E-state index contributed by atoms with van der Waals surface area (Å²) < 4.78 is 6.69. The summed E-state index contributed by atoms with van der Waals surface area (Å²) in [4.78, 5) is 29.9. The number of aromatic nitrogens is 2. The van der Waals surface area contributed by atoms with E-state index in [1.165, 1.54) is 18.2 Å². The molecule has 0 radical (unpaired) electrons. The summed E-state index contributed by atoms with van der Waals surface area (Å²) >= 11 is 0. The van der Waals surface area contributed by atoms with Crippen molar-refractivity contribution in [3.05, 3.63) is 54.1 Å². The van der Waals surface area contributed by atoms with Crippen molar-refractivity contribution in [3.63, 3.8) is 0 Å². The summed E-state index contributed by atoms with van der Waals surface area (Å²) in [6.45, 7) is 3.89. The Hall–Kier alpha value is -2.63. The Labute approximate surface area is 161 Å². The molecule has 27 heavy (non-hydrogen) atoms. The highest BCUT2D eigenvalue weighted by Crippen LogP contribution is 2.09. The van der Waals surface area contributed by atoms with Crippen molar-refractivity contribution in [2.24, 2.45) is 0 Å². The van der Waals surface area contributed by atoms with Crippen LogP contribution in [0.15, 0.2) is 43.0 Å². The van der Waals surface area contributed by atoms with Crippen molar-refractivity contribution >= 4 is 11.9 Å². The number of amides is 1. The number of aryl methyl sites for hydroxylation is 3. The molecule has 0 aliphatic heterocycles. The van der Waals surface area contributed by atoms with Crippen LogP contribution in [0.5, 0.6) is 0 Å². The van der Waals surface area contributed by atoms with Gasteiger partial charge in [0, 0.05) is 38.4 Å². The number of carbonyl (C=O) groups is 2. The highest BCUT2D eigenvalue weighted by molar-refractivity contribution is 5.77. The van der Waals surface area contributed by atoms with E-state index < -0.39 is 0 Å². The van der Waals surface area contributed by atoms with E-state index in [1.54, 1.807) is 17.4 Å². The Morgan fingerprint density at radius 3 is 2.56 bits per heavy atom. The average molecular weight is 371 g/mol. The van der Waals surface area contributed by atoms with Crippen LogP contribution in [0.25, 0.3) is 0 Å². The average Bonchev–Trinajstić information content (AvgIpc) is 3.19. The second-order valence-electron chi connectivity index (χ2n) is 6.70. The molecule has 2 aromatic rings. The molecule has 6 nitrogen and oxygen atoms in total. The Kier molecular flexibility index (Phi) is 8.55. The standard InChI is InChI=1S/C21H29N3O3/c1-18-7-9-19(10-8-18)5-3-6-20(25)24(15-11-21(26)27-2)14-4-13-23-16-12-22-17-23/h7-10,12,16-17H,3-6,11,13-15H2,1-2H3. The van der Waals surface area contributed by atoms with E-state index in [2.05, 4.69) is 36.2 Å². The summed E-state index contributed by atoms with van der Waals surface area (Å²) in [5, 5.41) is 0. The van der Waals surface area contributed by atoms with Crippen LogP contribution in [0, 0.1) is 6.92 Å². The van der Waals surface area contributed by atoms with E-state index >= 15 is 0 Å². The lowest BCUT2D eigenvalue weighted by Gasteiger charge is -2.22. The number of carbonyl (C=O) groups excluding carboxylic acids is 2. The largest absolute Gasteiger partial charge is 0.469 e. The number of nitrogens with zero attached hydrogens (tertiary/aromatic N) is 3. The van der Waals surface area contributed by atoms with Crippen molar-refractivity contribution in [1.29, 1.82) is 0 Å². The molecule has 1 aromatic carbocycles. The van der Waals surface area contributed by atoms with Gasteiger partial charge in [0.25, 0.3) is 0 Å². The van der Waals surface area contributed by atoms with Gasteiger partial charge in [-0.15, -0.1) is 0 Å². The smallest absolute Gasteiger partial charge is 0.307 e. The van der Waals surface area contributed by atoms with E-state index in [0.717, 1.165) is 25.8 Å². The van der Waals surface area contributed by atoms with Gasteiger partial charge in [0.05, 0.1) is 19.9 Å². The number of ether oxygens (including phenoxy) is 1. The third-order valence-electron chi connectivity index (χ3n) is 4.55. The molecule has 0 saturated heterocycles. The van der Waals surface area contributed by atoms with Gasteiger partial charge in [-0.3, -0.25) is 9.59 Å². The maximum atomic E-state index is 12.6. The quantitative estimate of drug-likeness (QED) is 0.570. The maximum absolute atomic E-state index is 12.6. The normalized spacial score (nSPS) is 10.6. The minimum atomic E-state index is -0.290.